The van der Waals surface area contributed by atoms with Crippen molar-refractivity contribution in [3.8, 4) is 5.69 Å². The maximum atomic E-state index is 13.8. The van der Waals surface area contributed by atoms with Gasteiger partial charge in [0.1, 0.15) is 0 Å². The van der Waals surface area contributed by atoms with E-state index in [4.69, 9.17) is 0 Å². The predicted molar refractivity (Wildman–Crippen MR) is 138 cm³/mol. The average Bonchev–Trinajstić information content (AvgIpc) is 3.44. The number of hydrogen-bond acceptors (Lipinski definition) is 4. The van der Waals surface area contributed by atoms with Gasteiger partial charge in [0.2, 0.25) is 5.91 Å². The largest absolute Gasteiger partial charge is 0.349 e. The van der Waals surface area contributed by atoms with Crippen LogP contribution in [0.5, 0.6) is 0 Å². The number of carbonyl (C=O) groups is 2. The number of rotatable bonds is 6. The molecule has 1 unspecified atom stereocenters. The fourth-order valence-electron chi connectivity index (χ4n) is 4.86. The van der Waals surface area contributed by atoms with E-state index in [2.05, 4.69) is 15.5 Å². The van der Waals surface area contributed by atoms with Crippen LogP contribution in [0.15, 0.2) is 97.2 Å². The lowest BCUT2D eigenvalue weighted by atomic mass is 9.71. The van der Waals surface area contributed by atoms with E-state index < -0.39 is 5.41 Å². The number of amides is 2. The van der Waals surface area contributed by atoms with Gasteiger partial charge in [0, 0.05) is 13.1 Å². The first-order valence-electron chi connectivity index (χ1n) is 12.3. The molecule has 182 valence electrons. The Balaban J connectivity index is 1.33. The van der Waals surface area contributed by atoms with Crippen LogP contribution in [0, 0.1) is 0 Å². The van der Waals surface area contributed by atoms with Crippen LogP contribution in [0.25, 0.3) is 5.69 Å². The Hall–Kier alpha value is -4.26. The number of hydrogen-bond donors (Lipinski definition) is 1. The summed E-state index contributed by atoms with van der Waals surface area (Å²) in [5.41, 5.74) is 2.42. The first-order valence-corrected chi connectivity index (χ1v) is 12.3. The van der Waals surface area contributed by atoms with Gasteiger partial charge in [0.25, 0.3) is 5.91 Å². The highest BCUT2D eigenvalue weighted by molar-refractivity contribution is 5.93. The summed E-state index contributed by atoms with van der Waals surface area (Å²) >= 11 is 0. The monoisotopic (exact) mass is 479 g/mol. The van der Waals surface area contributed by atoms with Crippen molar-refractivity contribution < 1.29 is 9.59 Å². The minimum atomic E-state index is -0.706. The van der Waals surface area contributed by atoms with E-state index in [1.165, 1.54) is 11.0 Å². The second kappa shape index (κ2) is 10.2. The quantitative estimate of drug-likeness (QED) is 0.447. The summed E-state index contributed by atoms with van der Waals surface area (Å²) in [4.78, 5) is 30.2. The summed E-state index contributed by atoms with van der Waals surface area (Å²) in [5, 5.41) is 11.9. The number of nitrogens with one attached hydrogen (secondary N) is 1. The first-order chi connectivity index (χ1) is 17.6. The highest BCUT2D eigenvalue weighted by atomic mass is 16.2. The molecular formula is C29H29N5O2. The van der Waals surface area contributed by atoms with Crippen molar-refractivity contribution in [3.63, 3.8) is 0 Å². The minimum Gasteiger partial charge on any atom is -0.349 e. The summed E-state index contributed by atoms with van der Waals surface area (Å²) in [7, 11) is 0. The van der Waals surface area contributed by atoms with Gasteiger partial charge in [-0.3, -0.25) is 9.59 Å². The van der Waals surface area contributed by atoms with Crippen LogP contribution in [-0.4, -0.2) is 44.8 Å². The Kier molecular flexibility index (Phi) is 6.62. The molecular weight excluding hydrogens is 450 g/mol. The maximum Gasteiger partial charge on any atom is 0.276 e. The third-order valence-corrected chi connectivity index (χ3v) is 7.01. The fourth-order valence-corrected chi connectivity index (χ4v) is 4.86. The molecule has 1 saturated heterocycles. The number of para-hydroxylation sites is 1. The van der Waals surface area contributed by atoms with Gasteiger partial charge in [0.05, 0.1) is 23.3 Å². The Labute approximate surface area is 210 Å². The third-order valence-electron chi connectivity index (χ3n) is 7.01. The third kappa shape index (κ3) is 4.64. The molecule has 1 fully saturated rings. The minimum absolute atomic E-state index is 0.00725. The van der Waals surface area contributed by atoms with Crippen LogP contribution < -0.4 is 5.32 Å². The smallest absolute Gasteiger partial charge is 0.276 e. The highest BCUT2D eigenvalue weighted by Gasteiger charge is 2.44. The van der Waals surface area contributed by atoms with Gasteiger partial charge < -0.3 is 10.2 Å². The normalized spacial score (nSPS) is 15.8. The number of likely N-dealkylation sites (tertiary alicyclic amines) is 1. The topological polar surface area (TPSA) is 80.1 Å². The lowest BCUT2D eigenvalue weighted by Crippen LogP contribution is -2.53. The Bertz CT molecular complexity index is 1310. The van der Waals surface area contributed by atoms with Crippen molar-refractivity contribution in [1.82, 2.24) is 25.2 Å². The molecule has 0 radical (unpaired) electrons. The molecule has 0 aliphatic carbocycles. The molecule has 7 nitrogen and oxygen atoms in total. The van der Waals surface area contributed by atoms with Crippen molar-refractivity contribution >= 4 is 11.8 Å². The number of aromatic nitrogens is 3. The average molecular weight is 480 g/mol. The summed E-state index contributed by atoms with van der Waals surface area (Å²) in [6.45, 7) is 2.92. The van der Waals surface area contributed by atoms with Crippen molar-refractivity contribution in [1.29, 1.82) is 0 Å². The highest BCUT2D eigenvalue weighted by Crippen LogP contribution is 2.37. The zero-order chi connectivity index (χ0) is 25.0. The molecule has 36 heavy (non-hydrogen) atoms. The molecule has 2 heterocycles. The molecule has 7 heteroatoms. The van der Waals surface area contributed by atoms with Crippen molar-refractivity contribution in [2.24, 2.45) is 0 Å². The van der Waals surface area contributed by atoms with Gasteiger partial charge in [-0.2, -0.15) is 9.90 Å². The molecule has 0 saturated carbocycles. The number of nitrogens with zero attached hydrogens (tertiary/aromatic N) is 4. The van der Waals surface area contributed by atoms with Crippen LogP contribution in [0.1, 0.15) is 47.4 Å². The van der Waals surface area contributed by atoms with Gasteiger partial charge in [-0.15, -0.1) is 5.10 Å². The lowest BCUT2D eigenvalue weighted by molar-refractivity contribution is -0.129. The molecule has 2 amide bonds. The van der Waals surface area contributed by atoms with Crippen LogP contribution in [0.4, 0.5) is 0 Å². The van der Waals surface area contributed by atoms with E-state index in [-0.39, 0.29) is 17.9 Å². The van der Waals surface area contributed by atoms with Crippen LogP contribution in [0.2, 0.25) is 0 Å². The van der Waals surface area contributed by atoms with Gasteiger partial charge in [0.15, 0.2) is 5.69 Å². The molecule has 0 spiro atoms. The Morgan fingerprint density at radius 1 is 0.861 bits per heavy atom. The summed E-state index contributed by atoms with van der Waals surface area (Å²) in [6.07, 6.45) is 2.56. The first kappa shape index (κ1) is 23.5. The van der Waals surface area contributed by atoms with Gasteiger partial charge >= 0.3 is 0 Å². The Morgan fingerprint density at radius 2 is 1.44 bits per heavy atom. The second-order valence-corrected chi connectivity index (χ2v) is 9.20. The van der Waals surface area contributed by atoms with E-state index in [9.17, 15) is 9.59 Å². The predicted octanol–water partition coefficient (Wildman–Crippen LogP) is 4.32. The van der Waals surface area contributed by atoms with Gasteiger partial charge in [-0.25, -0.2) is 0 Å². The lowest BCUT2D eigenvalue weighted by Gasteiger charge is -2.41. The maximum absolute atomic E-state index is 13.8. The zero-order valence-corrected chi connectivity index (χ0v) is 20.2. The van der Waals surface area contributed by atoms with Crippen LogP contribution >= 0.6 is 0 Å². The molecule has 1 aliphatic heterocycles. The van der Waals surface area contributed by atoms with Crippen LogP contribution in [0.3, 0.4) is 0 Å². The second-order valence-electron chi connectivity index (χ2n) is 9.20. The SMILES string of the molecule is CC(NC(=O)C1(c2ccccc2)CCN(C(=O)c2cnn(-c3ccccc3)n2)CC1)c1ccccc1. The van der Waals surface area contributed by atoms with E-state index in [1.807, 2.05) is 97.9 Å². The number of carbonyl (C=O) groups excluding carboxylic acids is 2. The molecule has 5 rings (SSSR count). The van der Waals surface area contributed by atoms with Crippen molar-refractivity contribution in [2.45, 2.75) is 31.2 Å². The van der Waals surface area contributed by atoms with E-state index in [1.54, 1.807) is 4.90 Å². The summed E-state index contributed by atoms with van der Waals surface area (Å²) < 4.78 is 0. The molecule has 4 aromatic rings. The molecule has 1 atom stereocenters. The number of piperidine rings is 1. The Morgan fingerprint density at radius 3 is 2.08 bits per heavy atom. The van der Waals surface area contributed by atoms with Crippen LogP contribution in [-0.2, 0) is 10.2 Å². The molecule has 0 bridgehead atoms. The standard InChI is InChI=1S/C29H29N5O2/c1-22(23-11-5-2-6-12-23)31-28(36)29(24-13-7-3-8-14-24)17-19-33(20-18-29)27(35)26-21-30-34(32-26)25-15-9-4-10-16-25/h2-16,21-22H,17-20H2,1H3,(H,31,36). The molecule has 1 aliphatic rings. The molecule has 3 aromatic carbocycles. The molecule has 1 N–H and O–H groups in total. The van der Waals surface area contributed by atoms with E-state index in [0.717, 1.165) is 16.8 Å². The van der Waals surface area contributed by atoms with E-state index in [0.29, 0.717) is 31.6 Å². The van der Waals surface area contributed by atoms with Crippen molar-refractivity contribution in [3.05, 3.63) is 114 Å². The van der Waals surface area contributed by atoms with Crippen molar-refractivity contribution in [2.75, 3.05) is 13.1 Å². The zero-order valence-electron chi connectivity index (χ0n) is 20.2. The fraction of sp³-hybridized carbons (Fsp3) is 0.241. The summed E-state index contributed by atoms with van der Waals surface area (Å²) in [5.74, 6) is -0.177. The van der Waals surface area contributed by atoms with E-state index >= 15 is 0 Å². The van der Waals surface area contributed by atoms with Gasteiger partial charge in [-0.05, 0) is 43.0 Å². The molecule has 1 aromatic heterocycles. The number of benzene rings is 3. The summed E-state index contributed by atoms with van der Waals surface area (Å²) in [6, 6.07) is 29.2. The van der Waals surface area contributed by atoms with Gasteiger partial charge in [-0.1, -0.05) is 78.9 Å².